The van der Waals surface area contributed by atoms with Crippen LogP contribution in [0.15, 0.2) is 12.1 Å². The predicted octanol–water partition coefficient (Wildman–Crippen LogP) is 1.07. The number of benzene rings is 1. The molecule has 1 aliphatic heterocycles. The Labute approximate surface area is 137 Å². The number of ether oxygens (including phenoxy) is 3. The number of aliphatic hydroxyl groups excluding tert-OH is 1. The molecule has 1 fully saturated rings. The molecule has 0 aliphatic carbocycles. The van der Waals surface area contributed by atoms with Crippen molar-refractivity contribution < 1.29 is 19.3 Å². The Bertz CT molecular complexity index is 467. The van der Waals surface area contributed by atoms with Crippen molar-refractivity contribution in [3.8, 4) is 17.2 Å². The predicted molar refractivity (Wildman–Crippen MR) is 87.6 cm³/mol. The van der Waals surface area contributed by atoms with E-state index in [1.807, 2.05) is 12.1 Å². The number of methoxy groups -OCH3 is 3. The summed E-state index contributed by atoms with van der Waals surface area (Å²) < 4.78 is 16.2. The molecule has 0 amide bonds. The van der Waals surface area contributed by atoms with Gasteiger partial charge in [-0.15, -0.1) is 12.4 Å². The Morgan fingerprint density at radius 2 is 1.73 bits per heavy atom. The monoisotopic (exact) mass is 332 g/mol. The van der Waals surface area contributed by atoms with Crippen molar-refractivity contribution in [3.05, 3.63) is 17.7 Å². The van der Waals surface area contributed by atoms with Gasteiger partial charge >= 0.3 is 0 Å². The molecule has 1 heterocycles. The van der Waals surface area contributed by atoms with Gasteiger partial charge in [-0.3, -0.25) is 4.90 Å². The van der Waals surface area contributed by atoms with Crippen LogP contribution in [0.1, 0.15) is 11.6 Å². The van der Waals surface area contributed by atoms with Gasteiger partial charge in [0.05, 0.1) is 34.0 Å². The van der Waals surface area contributed by atoms with Crippen LogP contribution in [0.2, 0.25) is 0 Å². The lowest BCUT2D eigenvalue weighted by molar-refractivity contribution is 0.108. The number of nitrogens with one attached hydrogen (secondary N) is 1. The zero-order valence-electron chi connectivity index (χ0n) is 13.3. The topological polar surface area (TPSA) is 63.2 Å². The fraction of sp³-hybridized carbons (Fsp3) is 0.600. The molecule has 126 valence electrons. The maximum Gasteiger partial charge on any atom is 0.203 e. The molecule has 2 N–H and O–H groups in total. The standard InChI is InChI=1S/C15H24N2O4.ClH/c1-19-13-5-4-11(14(20-2)15(13)21-3)12(10-18)17-8-6-16-7-9-17;/h4-5,12,16,18H,6-10H2,1-3H3;1H/t12-;/m1./s1. The molecule has 0 aromatic heterocycles. The number of nitrogens with zero attached hydrogens (tertiary/aromatic N) is 1. The first-order valence-corrected chi connectivity index (χ1v) is 7.11. The molecule has 1 saturated heterocycles. The maximum absolute atomic E-state index is 9.85. The molecule has 1 aromatic rings. The number of halogens is 1. The van der Waals surface area contributed by atoms with Gasteiger partial charge in [-0.2, -0.15) is 0 Å². The lowest BCUT2D eigenvalue weighted by Crippen LogP contribution is -2.46. The Morgan fingerprint density at radius 3 is 2.23 bits per heavy atom. The highest BCUT2D eigenvalue weighted by Gasteiger charge is 2.27. The summed E-state index contributed by atoms with van der Waals surface area (Å²) >= 11 is 0. The first-order valence-electron chi connectivity index (χ1n) is 7.11. The molecule has 2 rings (SSSR count). The van der Waals surface area contributed by atoms with Crippen molar-refractivity contribution in [3.63, 3.8) is 0 Å². The van der Waals surface area contributed by atoms with Crippen molar-refractivity contribution in [1.29, 1.82) is 0 Å². The third kappa shape index (κ3) is 3.76. The highest BCUT2D eigenvalue weighted by atomic mass is 35.5. The van der Waals surface area contributed by atoms with Crippen LogP contribution in [-0.2, 0) is 0 Å². The normalized spacial score (nSPS) is 16.5. The van der Waals surface area contributed by atoms with E-state index in [1.165, 1.54) is 0 Å². The number of hydrogen-bond acceptors (Lipinski definition) is 6. The van der Waals surface area contributed by atoms with Crippen LogP contribution in [-0.4, -0.2) is 64.1 Å². The van der Waals surface area contributed by atoms with Crippen LogP contribution in [0.4, 0.5) is 0 Å². The van der Waals surface area contributed by atoms with E-state index in [-0.39, 0.29) is 25.1 Å². The second-order valence-electron chi connectivity index (χ2n) is 4.91. The molecule has 0 radical (unpaired) electrons. The SMILES string of the molecule is COc1ccc([C@@H](CO)N2CCNCC2)c(OC)c1OC.Cl. The van der Waals surface area contributed by atoms with E-state index in [4.69, 9.17) is 14.2 Å². The summed E-state index contributed by atoms with van der Waals surface area (Å²) in [5.41, 5.74) is 0.916. The third-order valence-electron chi connectivity index (χ3n) is 3.86. The lowest BCUT2D eigenvalue weighted by atomic mass is 10.0. The average molecular weight is 333 g/mol. The summed E-state index contributed by atoms with van der Waals surface area (Å²) in [4.78, 5) is 2.25. The number of hydrogen-bond donors (Lipinski definition) is 2. The van der Waals surface area contributed by atoms with Gasteiger partial charge in [0.25, 0.3) is 0 Å². The van der Waals surface area contributed by atoms with Gasteiger partial charge in [0, 0.05) is 31.7 Å². The molecule has 0 bridgehead atoms. The van der Waals surface area contributed by atoms with Gasteiger partial charge in [-0.1, -0.05) is 0 Å². The van der Waals surface area contributed by atoms with Crippen molar-refractivity contribution in [2.75, 3.05) is 54.1 Å². The Morgan fingerprint density at radius 1 is 1.09 bits per heavy atom. The van der Waals surface area contributed by atoms with E-state index in [9.17, 15) is 5.11 Å². The minimum atomic E-state index is -0.109. The van der Waals surface area contributed by atoms with Gasteiger partial charge in [0.2, 0.25) is 5.75 Å². The van der Waals surface area contributed by atoms with Gasteiger partial charge < -0.3 is 24.6 Å². The zero-order chi connectivity index (χ0) is 15.2. The van der Waals surface area contributed by atoms with Gasteiger partial charge in [-0.05, 0) is 12.1 Å². The molecule has 1 aromatic carbocycles. The van der Waals surface area contributed by atoms with Crippen LogP contribution in [0, 0.1) is 0 Å². The van der Waals surface area contributed by atoms with Crippen LogP contribution >= 0.6 is 12.4 Å². The molecule has 7 heteroatoms. The molecule has 22 heavy (non-hydrogen) atoms. The summed E-state index contributed by atoms with van der Waals surface area (Å²) in [5.74, 6) is 1.80. The average Bonchev–Trinajstić information content (AvgIpc) is 2.55. The minimum Gasteiger partial charge on any atom is -0.493 e. The van der Waals surface area contributed by atoms with E-state index in [2.05, 4.69) is 10.2 Å². The Kier molecular flexibility index (Phi) is 7.75. The minimum absolute atomic E-state index is 0. The maximum atomic E-state index is 9.85. The molecule has 1 atom stereocenters. The van der Waals surface area contributed by atoms with Crippen LogP contribution in [0.5, 0.6) is 17.2 Å². The van der Waals surface area contributed by atoms with Gasteiger partial charge in [-0.25, -0.2) is 0 Å². The summed E-state index contributed by atoms with van der Waals surface area (Å²) in [7, 11) is 4.78. The third-order valence-corrected chi connectivity index (χ3v) is 3.86. The molecule has 0 saturated carbocycles. The molecule has 0 unspecified atom stereocenters. The van der Waals surface area contributed by atoms with E-state index in [1.54, 1.807) is 21.3 Å². The lowest BCUT2D eigenvalue weighted by Gasteiger charge is -2.35. The second-order valence-corrected chi connectivity index (χ2v) is 4.91. The smallest absolute Gasteiger partial charge is 0.203 e. The summed E-state index contributed by atoms with van der Waals surface area (Å²) in [6.07, 6.45) is 0. The highest BCUT2D eigenvalue weighted by molar-refractivity contribution is 5.85. The van der Waals surface area contributed by atoms with E-state index in [0.29, 0.717) is 17.2 Å². The molecule has 0 spiro atoms. The van der Waals surface area contributed by atoms with Crippen LogP contribution in [0.3, 0.4) is 0 Å². The van der Waals surface area contributed by atoms with Crippen molar-refractivity contribution >= 4 is 12.4 Å². The quantitative estimate of drug-likeness (QED) is 0.812. The largest absolute Gasteiger partial charge is 0.493 e. The fourth-order valence-corrected chi connectivity index (χ4v) is 2.79. The molecular formula is C15H25ClN2O4. The van der Waals surface area contributed by atoms with E-state index >= 15 is 0 Å². The highest BCUT2D eigenvalue weighted by Crippen LogP contribution is 2.43. The second kappa shape index (κ2) is 9.05. The van der Waals surface area contributed by atoms with Gasteiger partial charge in [0.15, 0.2) is 11.5 Å². The molecular weight excluding hydrogens is 308 g/mol. The zero-order valence-corrected chi connectivity index (χ0v) is 14.1. The molecule has 6 nitrogen and oxygen atoms in total. The molecule has 1 aliphatic rings. The van der Waals surface area contributed by atoms with Crippen molar-refractivity contribution in [2.24, 2.45) is 0 Å². The van der Waals surface area contributed by atoms with Crippen LogP contribution in [0.25, 0.3) is 0 Å². The Hall–Kier alpha value is -1.21. The number of aliphatic hydroxyl groups is 1. The fourth-order valence-electron chi connectivity index (χ4n) is 2.79. The van der Waals surface area contributed by atoms with E-state index in [0.717, 1.165) is 31.7 Å². The van der Waals surface area contributed by atoms with Gasteiger partial charge in [0.1, 0.15) is 0 Å². The summed E-state index contributed by atoms with van der Waals surface area (Å²) in [6, 6.07) is 3.67. The first kappa shape index (κ1) is 18.8. The summed E-state index contributed by atoms with van der Waals surface area (Å²) in [6.45, 7) is 3.66. The number of piperazine rings is 1. The summed E-state index contributed by atoms with van der Waals surface area (Å²) in [5, 5.41) is 13.2. The van der Waals surface area contributed by atoms with E-state index < -0.39 is 0 Å². The Balaban J connectivity index is 0.00000242. The van der Waals surface area contributed by atoms with Crippen LogP contribution < -0.4 is 19.5 Å². The first-order chi connectivity index (χ1) is 10.3. The van der Waals surface area contributed by atoms with Crippen molar-refractivity contribution in [2.45, 2.75) is 6.04 Å². The van der Waals surface area contributed by atoms with Crippen molar-refractivity contribution in [1.82, 2.24) is 10.2 Å². The number of rotatable bonds is 6.